The lowest BCUT2D eigenvalue weighted by atomic mass is 9.88. The van der Waals surface area contributed by atoms with Crippen molar-refractivity contribution in [2.45, 2.75) is 84.0 Å². The lowest BCUT2D eigenvalue weighted by Gasteiger charge is -2.17. The number of hydrogen-bond donors (Lipinski definition) is 0. The van der Waals surface area contributed by atoms with Gasteiger partial charge >= 0.3 is 0 Å². The van der Waals surface area contributed by atoms with Crippen LogP contribution in [0, 0.1) is 29.6 Å². The van der Waals surface area contributed by atoms with Gasteiger partial charge < -0.3 is 0 Å². The van der Waals surface area contributed by atoms with Crippen molar-refractivity contribution >= 4 is 0 Å². The molecular formula is C18H32. The summed E-state index contributed by atoms with van der Waals surface area (Å²) in [6, 6.07) is 0. The predicted octanol–water partition coefficient (Wildman–Crippen LogP) is 5.81. The van der Waals surface area contributed by atoms with Gasteiger partial charge in [-0.05, 0) is 55.3 Å². The van der Waals surface area contributed by atoms with Gasteiger partial charge in [0.1, 0.15) is 0 Å². The molecule has 0 radical (unpaired) electrons. The second kappa shape index (κ2) is 5.97. The summed E-state index contributed by atoms with van der Waals surface area (Å²) in [4.78, 5) is 0. The molecule has 104 valence electrons. The zero-order chi connectivity index (χ0) is 12.4. The molecule has 0 aromatic carbocycles. The van der Waals surface area contributed by atoms with E-state index in [1.165, 1.54) is 19.3 Å². The van der Waals surface area contributed by atoms with E-state index in [4.69, 9.17) is 0 Å². The summed E-state index contributed by atoms with van der Waals surface area (Å²) in [5.74, 6) is 5.50. The average Bonchev–Trinajstić information content (AvgIpc) is 3.04. The van der Waals surface area contributed by atoms with Gasteiger partial charge in [0.05, 0.1) is 0 Å². The van der Waals surface area contributed by atoms with Crippen LogP contribution in [0.5, 0.6) is 0 Å². The van der Waals surface area contributed by atoms with Crippen LogP contribution in [0.15, 0.2) is 0 Å². The Morgan fingerprint density at radius 3 is 1.78 bits per heavy atom. The third-order valence-corrected chi connectivity index (χ3v) is 6.26. The number of hydrogen-bond acceptors (Lipinski definition) is 0. The van der Waals surface area contributed by atoms with Gasteiger partial charge in [-0.2, -0.15) is 0 Å². The molecule has 0 nitrogen and oxygen atoms in total. The van der Waals surface area contributed by atoms with Crippen LogP contribution in [-0.4, -0.2) is 0 Å². The van der Waals surface area contributed by atoms with E-state index in [1.807, 2.05) is 0 Å². The molecule has 0 aliphatic heterocycles. The topological polar surface area (TPSA) is 0 Å². The van der Waals surface area contributed by atoms with Crippen molar-refractivity contribution in [1.29, 1.82) is 0 Å². The van der Waals surface area contributed by atoms with Gasteiger partial charge in [0, 0.05) is 0 Å². The highest BCUT2D eigenvalue weighted by atomic mass is 14.4. The summed E-state index contributed by atoms with van der Waals surface area (Å²) in [7, 11) is 0. The van der Waals surface area contributed by atoms with E-state index in [-0.39, 0.29) is 0 Å². The van der Waals surface area contributed by atoms with Crippen molar-refractivity contribution in [3.8, 4) is 0 Å². The van der Waals surface area contributed by atoms with Crippen LogP contribution in [0.25, 0.3) is 0 Å². The lowest BCUT2D eigenvalue weighted by molar-refractivity contribution is 0.338. The third kappa shape index (κ3) is 3.31. The second-order valence-corrected chi connectivity index (χ2v) is 7.95. The predicted molar refractivity (Wildman–Crippen MR) is 78.5 cm³/mol. The molecule has 18 heavy (non-hydrogen) atoms. The monoisotopic (exact) mass is 248 g/mol. The molecule has 3 saturated carbocycles. The van der Waals surface area contributed by atoms with Crippen molar-refractivity contribution in [2.75, 3.05) is 0 Å². The minimum atomic E-state index is 1.03. The summed E-state index contributed by atoms with van der Waals surface area (Å²) in [5, 5.41) is 0. The SMILES string of the molecule is CC1CCC(CC2CCC(CC3CCCC3)C2)C1. The molecule has 0 heteroatoms. The summed E-state index contributed by atoms with van der Waals surface area (Å²) in [6.45, 7) is 2.46. The minimum absolute atomic E-state index is 1.03. The molecule has 3 fully saturated rings. The first-order valence-corrected chi connectivity index (χ1v) is 8.79. The van der Waals surface area contributed by atoms with E-state index in [2.05, 4.69) is 6.92 Å². The Morgan fingerprint density at radius 2 is 1.17 bits per heavy atom. The van der Waals surface area contributed by atoms with Gasteiger partial charge in [-0.3, -0.25) is 0 Å². The Morgan fingerprint density at radius 1 is 0.611 bits per heavy atom. The van der Waals surface area contributed by atoms with Crippen molar-refractivity contribution in [3.63, 3.8) is 0 Å². The minimum Gasteiger partial charge on any atom is -0.0625 e. The van der Waals surface area contributed by atoms with E-state index in [9.17, 15) is 0 Å². The first kappa shape index (κ1) is 13.0. The molecule has 3 aliphatic rings. The molecule has 4 atom stereocenters. The highest BCUT2D eigenvalue weighted by molar-refractivity contribution is 4.83. The van der Waals surface area contributed by atoms with Crippen LogP contribution in [-0.2, 0) is 0 Å². The Hall–Kier alpha value is 0. The van der Waals surface area contributed by atoms with Gasteiger partial charge in [-0.25, -0.2) is 0 Å². The molecule has 0 spiro atoms. The molecule has 0 heterocycles. The smallest absolute Gasteiger partial charge is 0.0409 e. The zero-order valence-electron chi connectivity index (χ0n) is 12.4. The molecule has 0 saturated heterocycles. The number of rotatable bonds is 4. The normalized spacial score (nSPS) is 41.8. The van der Waals surface area contributed by atoms with Crippen LogP contribution >= 0.6 is 0 Å². The van der Waals surface area contributed by atoms with E-state index < -0.39 is 0 Å². The van der Waals surface area contributed by atoms with Crippen molar-refractivity contribution < 1.29 is 0 Å². The lowest BCUT2D eigenvalue weighted by Crippen LogP contribution is -2.06. The fraction of sp³-hybridized carbons (Fsp3) is 1.00. The van der Waals surface area contributed by atoms with Crippen molar-refractivity contribution in [1.82, 2.24) is 0 Å². The van der Waals surface area contributed by atoms with Gasteiger partial charge in [0.15, 0.2) is 0 Å². The van der Waals surface area contributed by atoms with Crippen LogP contribution in [0.4, 0.5) is 0 Å². The van der Waals surface area contributed by atoms with E-state index >= 15 is 0 Å². The van der Waals surface area contributed by atoms with Crippen LogP contribution in [0.3, 0.4) is 0 Å². The van der Waals surface area contributed by atoms with E-state index in [0.717, 1.165) is 29.6 Å². The summed E-state index contributed by atoms with van der Waals surface area (Å²) < 4.78 is 0. The molecular weight excluding hydrogens is 216 g/mol. The average molecular weight is 248 g/mol. The van der Waals surface area contributed by atoms with Crippen molar-refractivity contribution in [2.24, 2.45) is 29.6 Å². The Balaban J connectivity index is 1.38. The van der Waals surface area contributed by atoms with Gasteiger partial charge in [-0.15, -0.1) is 0 Å². The molecule has 0 amide bonds. The summed E-state index contributed by atoms with van der Waals surface area (Å²) in [6.07, 6.45) is 18.7. The molecule has 4 unspecified atom stereocenters. The standard InChI is InChI=1S/C18H32/c1-14-6-7-16(10-14)12-18-9-8-17(13-18)11-15-4-2-3-5-15/h14-18H,2-13H2,1H3. The molecule has 3 rings (SSSR count). The molecule has 0 bridgehead atoms. The van der Waals surface area contributed by atoms with E-state index in [0.29, 0.717) is 0 Å². The molecule has 0 N–H and O–H groups in total. The second-order valence-electron chi connectivity index (χ2n) is 7.95. The summed E-state index contributed by atoms with van der Waals surface area (Å²) >= 11 is 0. The van der Waals surface area contributed by atoms with Crippen LogP contribution in [0.1, 0.15) is 84.0 Å². The first-order valence-electron chi connectivity index (χ1n) is 8.79. The van der Waals surface area contributed by atoms with Gasteiger partial charge in [-0.1, -0.05) is 58.3 Å². The zero-order valence-corrected chi connectivity index (χ0v) is 12.4. The maximum Gasteiger partial charge on any atom is -0.0409 e. The van der Waals surface area contributed by atoms with Gasteiger partial charge in [0.25, 0.3) is 0 Å². The van der Waals surface area contributed by atoms with Gasteiger partial charge in [0.2, 0.25) is 0 Å². The Kier molecular flexibility index (Phi) is 4.31. The third-order valence-electron chi connectivity index (χ3n) is 6.26. The highest BCUT2D eigenvalue weighted by Crippen LogP contribution is 2.44. The van der Waals surface area contributed by atoms with Crippen LogP contribution < -0.4 is 0 Å². The summed E-state index contributed by atoms with van der Waals surface area (Å²) in [5.41, 5.74) is 0. The fourth-order valence-corrected chi connectivity index (χ4v) is 5.33. The Bertz CT molecular complexity index is 251. The largest absolute Gasteiger partial charge is 0.0625 e. The first-order chi connectivity index (χ1) is 8.79. The maximum absolute atomic E-state index is 2.46. The molecule has 0 aromatic heterocycles. The van der Waals surface area contributed by atoms with Crippen molar-refractivity contribution in [3.05, 3.63) is 0 Å². The van der Waals surface area contributed by atoms with E-state index in [1.54, 1.807) is 57.8 Å². The quantitative estimate of drug-likeness (QED) is 0.589. The maximum atomic E-state index is 2.46. The van der Waals surface area contributed by atoms with Crippen LogP contribution in [0.2, 0.25) is 0 Å². The highest BCUT2D eigenvalue weighted by Gasteiger charge is 2.31. The molecule has 3 aliphatic carbocycles. The molecule has 0 aromatic rings. The Labute approximate surface area is 114 Å². The fourth-order valence-electron chi connectivity index (χ4n) is 5.33.